The summed E-state index contributed by atoms with van der Waals surface area (Å²) in [5, 5.41) is 5.65. The highest BCUT2D eigenvalue weighted by atomic mass is 32.2. The van der Waals surface area contributed by atoms with Crippen LogP contribution in [0.5, 0.6) is 0 Å². The van der Waals surface area contributed by atoms with Gasteiger partial charge in [-0.25, -0.2) is 21.6 Å². The van der Waals surface area contributed by atoms with Crippen LogP contribution in [0, 0.1) is 0 Å². The lowest BCUT2D eigenvalue weighted by Crippen LogP contribution is -2.46. The highest BCUT2D eigenvalue weighted by molar-refractivity contribution is 7.90. The largest absolute Gasteiger partial charge is 0.321 e. The fraction of sp³-hybridized carbons (Fsp3) is 0.316. The Morgan fingerprint density at radius 1 is 1.03 bits per heavy atom. The lowest BCUT2D eigenvalue weighted by atomic mass is 10.2. The Bertz CT molecular complexity index is 1110. The Morgan fingerprint density at radius 2 is 1.70 bits per heavy atom. The maximum Gasteiger partial charge on any atom is 0.255 e. The van der Waals surface area contributed by atoms with Gasteiger partial charge in [0.2, 0.25) is 20.0 Å². The zero-order valence-corrected chi connectivity index (χ0v) is 18.1. The van der Waals surface area contributed by atoms with Gasteiger partial charge in [-0.05, 0) is 30.3 Å². The van der Waals surface area contributed by atoms with Crippen LogP contribution >= 0.6 is 0 Å². The summed E-state index contributed by atoms with van der Waals surface area (Å²) in [6.07, 6.45) is 0. The van der Waals surface area contributed by atoms with E-state index in [4.69, 9.17) is 0 Å². The third-order valence-electron chi connectivity index (χ3n) is 4.57. The number of hydrogen-bond donors (Lipinski definition) is 3. The number of hydrogen-bond acceptors (Lipinski definition) is 6. The van der Waals surface area contributed by atoms with Gasteiger partial charge in [0.1, 0.15) is 4.90 Å². The van der Waals surface area contributed by atoms with Gasteiger partial charge in [-0.3, -0.25) is 4.79 Å². The Balaban J connectivity index is 2.02. The van der Waals surface area contributed by atoms with Gasteiger partial charge < -0.3 is 10.6 Å². The molecule has 0 radical (unpaired) electrons. The van der Waals surface area contributed by atoms with Gasteiger partial charge in [-0.2, -0.15) is 4.31 Å². The molecule has 0 aromatic heterocycles. The highest BCUT2D eigenvalue weighted by Crippen LogP contribution is 2.27. The summed E-state index contributed by atoms with van der Waals surface area (Å²) < 4.78 is 55.1. The Hall–Kier alpha value is -2.31. The second-order valence-electron chi connectivity index (χ2n) is 6.63. The molecule has 2 aromatic carbocycles. The van der Waals surface area contributed by atoms with Crippen LogP contribution in [0.3, 0.4) is 0 Å². The zero-order chi connectivity index (χ0) is 21.8. The third-order valence-corrected chi connectivity index (χ3v) is 8.06. The first-order chi connectivity index (χ1) is 14.3. The number of carbonyl (C=O) groups is 1. The first-order valence-electron chi connectivity index (χ1n) is 9.46. The Kier molecular flexibility index (Phi) is 6.88. The van der Waals surface area contributed by atoms with Crippen molar-refractivity contribution in [3.05, 3.63) is 54.1 Å². The van der Waals surface area contributed by atoms with E-state index in [2.05, 4.69) is 15.4 Å². The van der Waals surface area contributed by atoms with Crippen LogP contribution in [0.1, 0.15) is 17.3 Å². The van der Waals surface area contributed by atoms with E-state index >= 15 is 0 Å². The van der Waals surface area contributed by atoms with Gasteiger partial charge in [-0.1, -0.05) is 25.1 Å². The second-order valence-corrected chi connectivity index (χ2v) is 10.3. The van der Waals surface area contributed by atoms with Gasteiger partial charge in [0.05, 0.1) is 10.6 Å². The summed E-state index contributed by atoms with van der Waals surface area (Å²) >= 11 is 0. The van der Waals surface area contributed by atoms with Crippen LogP contribution in [0.4, 0.5) is 5.69 Å². The number of nitrogens with one attached hydrogen (secondary N) is 3. The minimum Gasteiger partial charge on any atom is -0.321 e. The number of carbonyl (C=O) groups excluding carboxylic acids is 1. The molecule has 0 bridgehead atoms. The molecule has 2 aromatic rings. The molecule has 3 rings (SSSR count). The van der Waals surface area contributed by atoms with Crippen molar-refractivity contribution in [1.82, 2.24) is 14.3 Å². The van der Waals surface area contributed by atoms with E-state index in [9.17, 15) is 21.6 Å². The molecule has 0 saturated carbocycles. The number of amides is 1. The van der Waals surface area contributed by atoms with E-state index in [0.717, 1.165) is 6.07 Å². The quantitative estimate of drug-likeness (QED) is 0.572. The number of anilines is 1. The van der Waals surface area contributed by atoms with Crippen molar-refractivity contribution in [2.24, 2.45) is 0 Å². The summed E-state index contributed by atoms with van der Waals surface area (Å²) in [5.74, 6) is -0.499. The van der Waals surface area contributed by atoms with E-state index in [1.807, 2.05) is 0 Å². The smallest absolute Gasteiger partial charge is 0.255 e. The molecule has 1 aliphatic rings. The van der Waals surface area contributed by atoms with Crippen molar-refractivity contribution >= 4 is 31.6 Å². The fourth-order valence-corrected chi connectivity index (χ4v) is 5.84. The molecule has 1 fully saturated rings. The normalized spacial score (nSPS) is 15.6. The number of rotatable bonds is 7. The van der Waals surface area contributed by atoms with Gasteiger partial charge in [0, 0.05) is 38.3 Å². The van der Waals surface area contributed by atoms with Crippen molar-refractivity contribution in [3.8, 4) is 0 Å². The number of piperazine rings is 1. The molecule has 30 heavy (non-hydrogen) atoms. The number of nitrogens with zero attached hydrogens (tertiary/aromatic N) is 1. The zero-order valence-electron chi connectivity index (χ0n) is 16.5. The minimum atomic E-state index is -4.04. The number of sulfonamides is 2. The maximum absolute atomic E-state index is 13.0. The lowest BCUT2D eigenvalue weighted by Gasteiger charge is -2.27. The molecular weight excluding hydrogens is 428 g/mol. The second kappa shape index (κ2) is 9.23. The average Bonchev–Trinajstić information content (AvgIpc) is 2.75. The predicted octanol–water partition coefficient (Wildman–Crippen LogP) is 0.831. The summed E-state index contributed by atoms with van der Waals surface area (Å²) in [6.45, 7) is 3.36. The molecule has 3 N–H and O–H groups in total. The molecule has 9 nitrogen and oxygen atoms in total. The molecule has 1 amide bonds. The molecule has 0 aliphatic carbocycles. The predicted molar refractivity (Wildman–Crippen MR) is 113 cm³/mol. The minimum absolute atomic E-state index is 0.00376. The number of benzene rings is 2. The van der Waals surface area contributed by atoms with E-state index in [0.29, 0.717) is 31.7 Å². The highest BCUT2D eigenvalue weighted by Gasteiger charge is 2.29. The van der Waals surface area contributed by atoms with Crippen LogP contribution < -0.4 is 15.4 Å². The molecule has 0 spiro atoms. The summed E-state index contributed by atoms with van der Waals surface area (Å²) in [4.78, 5) is 12.1. The molecule has 11 heteroatoms. The van der Waals surface area contributed by atoms with E-state index in [1.165, 1.54) is 16.4 Å². The molecule has 0 unspecified atom stereocenters. The molecule has 162 valence electrons. The molecule has 1 aliphatic heterocycles. The lowest BCUT2D eigenvalue weighted by molar-refractivity contribution is 0.102. The molecular formula is C19H24N4O5S2. The van der Waals surface area contributed by atoms with Gasteiger partial charge in [0.15, 0.2) is 0 Å². The van der Waals surface area contributed by atoms with Gasteiger partial charge in [0.25, 0.3) is 5.91 Å². The fourth-order valence-electron chi connectivity index (χ4n) is 3.07. The van der Waals surface area contributed by atoms with Crippen LogP contribution in [0.25, 0.3) is 0 Å². The van der Waals surface area contributed by atoms with Gasteiger partial charge in [-0.15, -0.1) is 0 Å². The Morgan fingerprint density at radius 3 is 2.33 bits per heavy atom. The van der Waals surface area contributed by atoms with Crippen LogP contribution in [0.2, 0.25) is 0 Å². The maximum atomic E-state index is 13.0. The Labute approximate surface area is 176 Å². The summed E-state index contributed by atoms with van der Waals surface area (Å²) in [7, 11) is -7.91. The molecule has 1 saturated heterocycles. The molecule has 1 heterocycles. The van der Waals surface area contributed by atoms with Crippen molar-refractivity contribution in [1.29, 1.82) is 0 Å². The van der Waals surface area contributed by atoms with Crippen LogP contribution in [-0.2, 0) is 20.0 Å². The molecule has 0 atom stereocenters. The first-order valence-corrected chi connectivity index (χ1v) is 12.4. The third kappa shape index (κ3) is 4.87. The topological polar surface area (TPSA) is 125 Å². The summed E-state index contributed by atoms with van der Waals surface area (Å²) in [6, 6.07) is 12.0. The van der Waals surface area contributed by atoms with Crippen LogP contribution in [0.15, 0.2) is 58.3 Å². The van der Waals surface area contributed by atoms with Crippen molar-refractivity contribution < 1.29 is 21.6 Å². The van der Waals surface area contributed by atoms with Crippen molar-refractivity contribution in [2.75, 3.05) is 38.0 Å². The average molecular weight is 453 g/mol. The standard InChI is InChI=1S/C19H24N4O5S2/c1-2-21-29(25,26)18-14-16(30(27,28)23-12-10-20-11-13-23)8-9-17(18)22-19(24)15-6-4-3-5-7-15/h3-9,14,20-21H,2,10-13H2,1H3,(H,22,24). The first kappa shape index (κ1) is 22.4. The summed E-state index contributed by atoms with van der Waals surface area (Å²) in [5.41, 5.74) is 0.353. The van der Waals surface area contributed by atoms with E-state index in [-0.39, 0.29) is 22.0 Å². The monoisotopic (exact) mass is 452 g/mol. The van der Waals surface area contributed by atoms with E-state index < -0.39 is 26.0 Å². The van der Waals surface area contributed by atoms with Gasteiger partial charge >= 0.3 is 0 Å². The van der Waals surface area contributed by atoms with Crippen LogP contribution in [-0.4, -0.2) is 59.8 Å². The van der Waals surface area contributed by atoms with E-state index in [1.54, 1.807) is 37.3 Å². The van der Waals surface area contributed by atoms with Crippen molar-refractivity contribution in [3.63, 3.8) is 0 Å². The van der Waals surface area contributed by atoms with Crippen molar-refractivity contribution in [2.45, 2.75) is 16.7 Å². The SMILES string of the molecule is CCNS(=O)(=O)c1cc(S(=O)(=O)N2CCNCC2)ccc1NC(=O)c1ccccc1.